The lowest BCUT2D eigenvalue weighted by Crippen LogP contribution is -2.23. The maximum Gasteiger partial charge on any atom is 0.368 e. The van der Waals surface area contributed by atoms with Crippen molar-refractivity contribution >= 4 is 17.1 Å². The molecule has 0 radical (unpaired) electrons. The smallest absolute Gasteiger partial charge is 0.368 e. The molecule has 2 unspecified atom stereocenters. The number of hydrogen-bond acceptors (Lipinski definition) is 4. The molecule has 3 nitrogen and oxygen atoms in total. The topological polar surface area (TPSA) is 52.3 Å². The molecule has 0 heterocycles. The van der Waals surface area contributed by atoms with Gasteiger partial charge in [-0.05, 0) is 43.5 Å². The van der Waals surface area contributed by atoms with E-state index in [1.807, 2.05) is 32.9 Å². The summed E-state index contributed by atoms with van der Waals surface area (Å²) in [4.78, 5) is 11.7. The van der Waals surface area contributed by atoms with E-state index in [-0.39, 0.29) is 22.2 Å². The van der Waals surface area contributed by atoms with Gasteiger partial charge in [0.05, 0.1) is 0 Å². The number of thioether (sulfide) groups is 1. The minimum atomic E-state index is -0.183. The quantitative estimate of drug-likeness (QED) is 0.577. The first-order valence-electron chi connectivity index (χ1n) is 6.19. The SMILES string of the molecule is CC(C)(C)SC(=O)OC1C=CCC(N)CCC1. The Kier molecular flexibility index (Phi) is 5.53. The molecule has 0 aliphatic heterocycles. The minimum Gasteiger partial charge on any atom is -0.450 e. The molecule has 17 heavy (non-hydrogen) atoms. The molecular formula is C13H23NO2S. The average Bonchev–Trinajstić information content (AvgIpc) is 2.10. The van der Waals surface area contributed by atoms with Gasteiger partial charge in [0.25, 0.3) is 0 Å². The molecule has 0 bridgehead atoms. The molecule has 1 aliphatic carbocycles. The van der Waals surface area contributed by atoms with Gasteiger partial charge in [0.15, 0.2) is 0 Å². The van der Waals surface area contributed by atoms with Crippen molar-refractivity contribution in [1.29, 1.82) is 0 Å². The molecule has 2 N–H and O–H groups in total. The Balaban J connectivity index is 2.42. The van der Waals surface area contributed by atoms with Gasteiger partial charge in [0, 0.05) is 10.8 Å². The molecule has 1 aliphatic rings. The molecule has 0 saturated heterocycles. The number of hydrogen-bond donors (Lipinski definition) is 1. The zero-order chi connectivity index (χ0) is 12.9. The Morgan fingerprint density at radius 2 is 2.12 bits per heavy atom. The molecule has 0 fully saturated rings. The predicted octanol–water partition coefficient (Wildman–Crippen LogP) is 3.48. The number of carbonyl (C=O) groups is 1. The van der Waals surface area contributed by atoms with Crippen LogP contribution in [0.1, 0.15) is 46.5 Å². The standard InChI is InChI=1S/C13H23NO2S/c1-13(2,3)17-12(15)16-11-8-4-6-10(14)7-5-9-11/h4,8,10-11H,5-7,9,14H2,1-3H3. The zero-order valence-corrected chi connectivity index (χ0v) is 11.8. The number of ether oxygens (including phenoxy) is 1. The van der Waals surface area contributed by atoms with Gasteiger partial charge in [-0.3, -0.25) is 0 Å². The minimum absolute atomic E-state index is 0.0788. The third-order valence-corrected chi connectivity index (χ3v) is 3.37. The van der Waals surface area contributed by atoms with Crippen molar-refractivity contribution in [2.24, 2.45) is 5.73 Å². The van der Waals surface area contributed by atoms with E-state index < -0.39 is 0 Å². The second-order valence-corrected chi connectivity index (χ2v) is 7.24. The van der Waals surface area contributed by atoms with E-state index in [0.717, 1.165) is 25.7 Å². The predicted molar refractivity (Wildman–Crippen MR) is 73.2 cm³/mol. The van der Waals surface area contributed by atoms with Crippen molar-refractivity contribution in [2.75, 3.05) is 0 Å². The molecule has 0 aromatic heterocycles. The summed E-state index contributed by atoms with van der Waals surface area (Å²) in [5.74, 6) is 0. The van der Waals surface area contributed by atoms with Crippen LogP contribution in [0.4, 0.5) is 4.79 Å². The van der Waals surface area contributed by atoms with Crippen LogP contribution in [0.25, 0.3) is 0 Å². The lowest BCUT2D eigenvalue weighted by Gasteiger charge is -2.21. The highest BCUT2D eigenvalue weighted by Gasteiger charge is 2.21. The van der Waals surface area contributed by atoms with E-state index in [1.165, 1.54) is 11.8 Å². The fourth-order valence-corrected chi connectivity index (χ4v) is 2.37. The molecule has 4 heteroatoms. The van der Waals surface area contributed by atoms with Crippen LogP contribution in [0.3, 0.4) is 0 Å². The van der Waals surface area contributed by atoms with Gasteiger partial charge in [-0.1, -0.05) is 26.8 Å². The summed E-state index contributed by atoms with van der Waals surface area (Å²) in [6, 6.07) is 0.256. The second-order valence-electron chi connectivity index (χ2n) is 5.48. The summed E-state index contributed by atoms with van der Waals surface area (Å²) in [6.07, 6.45) is 7.70. The lowest BCUT2D eigenvalue weighted by molar-refractivity contribution is 0.139. The summed E-state index contributed by atoms with van der Waals surface area (Å²) in [6.45, 7) is 6.02. The average molecular weight is 257 g/mol. The second kappa shape index (κ2) is 6.45. The Hall–Kier alpha value is -0.480. The Labute approximate surface area is 108 Å². The fourth-order valence-electron chi connectivity index (χ4n) is 1.70. The summed E-state index contributed by atoms with van der Waals surface area (Å²) < 4.78 is 5.34. The maximum absolute atomic E-state index is 11.7. The van der Waals surface area contributed by atoms with Gasteiger partial charge in [0.2, 0.25) is 0 Å². The maximum atomic E-state index is 11.7. The summed E-state index contributed by atoms with van der Waals surface area (Å²) >= 11 is 1.24. The van der Waals surface area contributed by atoms with Gasteiger partial charge in [-0.25, -0.2) is 4.79 Å². The third kappa shape index (κ3) is 6.74. The van der Waals surface area contributed by atoms with Crippen molar-refractivity contribution in [3.05, 3.63) is 12.2 Å². The molecular weight excluding hydrogens is 234 g/mol. The van der Waals surface area contributed by atoms with Crippen LogP contribution in [-0.2, 0) is 4.74 Å². The van der Waals surface area contributed by atoms with Crippen LogP contribution < -0.4 is 5.73 Å². The van der Waals surface area contributed by atoms with Gasteiger partial charge in [-0.2, -0.15) is 0 Å². The highest BCUT2D eigenvalue weighted by molar-refractivity contribution is 8.14. The molecule has 0 amide bonds. The van der Waals surface area contributed by atoms with Crippen LogP contribution >= 0.6 is 11.8 Å². The van der Waals surface area contributed by atoms with Crippen molar-refractivity contribution in [3.8, 4) is 0 Å². The van der Waals surface area contributed by atoms with Crippen LogP contribution in [0.15, 0.2) is 12.2 Å². The monoisotopic (exact) mass is 257 g/mol. The highest BCUT2D eigenvalue weighted by atomic mass is 32.2. The van der Waals surface area contributed by atoms with Crippen LogP contribution in [-0.4, -0.2) is 22.2 Å². The van der Waals surface area contributed by atoms with Crippen LogP contribution in [0.2, 0.25) is 0 Å². The summed E-state index contributed by atoms with van der Waals surface area (Å²) in [7, 11) is 0. The molecule has 0 aromatic rings. The normalized spacial score (nSPS) is 26.1. The van der Waals surface area contributed by atoms with E-state index >= 15 is 0 Å². The Morgan fingerprint density at radius 1 is 1.41 bits per heavy atom. The van der Waals surface area contributed by atoms with E-state index in [0.29, 0.717) is 0 Å². The first-order chi connectivity index (χ1) is 7.87. The third-order valence-electron chi connectivity index (χ3n) is 2.49. The Morgan fingerprint density at radius 3 is 2.76 bits per heavy atom. The van der Waals surface area contributed by atoms with E-state index in [1.54, 1.807) is 0 Å². The van der Waals surface area contributed by atoms with Crippen molar-refractivity contribution < 1.29 is 9.53 Å². The molecule has 0 saturated carbocycles. The van der Waals surface area contributed by atoms with Crippen LogP contribution in [0, 0.1) is 0 Å². The largest absolute Gasteiger partial charge is 0.450 e. The van der Waals surface area contributed by atoms with E-state index in [4.69, 9.17) is 10.5 Å². The van der Waals surface area contributed by atoms with Crippen molar-refractivity contribution in [1.82, 2.24) is 0 Å². The number of rotatable bonds is 1. The summed E-state index contributed by atoms with van der Waals surface area (Å²) in [5, 5.41) is -0.183. The highest BCUT2D eigenvalue weighted by Crippen LogP contribution is 2.26. The van der Waals surface area contributed by atoms with E-state index in [2.05, 4.69) is 0 Å². The number of nitrogens with two attached hydrogens (primary N) is 1. The zero-order valence-electron chi connectivity index (χ0n) is 10.9. The van der Waals surface area contributed by atoms with Gasteiger partial charge >= 0.3 is 5.30 Å². The molecule has 0 aromatic carbocycles. The Bertz CT molecular complexity index is 284. The van der Waals surface area contributed by atoms with Crippen molar-refractivity contribution in [2.45, 2.75) is 63.3 Å². The van der Waals surface area contributed by atoms with Crippen molar-refractivity contribution in [3.63, 3.8) is 0 Å². The fraction of sp³-hybridized carbons (Fsp3) is 0.769. The van der Waals surface area contributed by atoms with Gasteiger partial charge in [0.1, 0.15) is 6.10 Å². The molecule has 1 rings (SSSR count). The van der Waals surface area contributed by atoms with E-state index in [9.17, 15) is 4.79 Å². The molecule has 0 spiro atoms. The van der Waals surface area contributed by atoms with Gasteiger partial charge < -0.3 is 10.5 Å². The molecule has 2 atom stereocenters. The number of carbonyl (C=O) groups excluding carboxylic acids is 1. The first-order valence-corrected chi connectivity index (χ1v) is 7.00. The lowest BCUT2D eigenvalue weighted by atomic mass is 10.0. The summed E-state index contributed by atoms with van der Waals surface area (Å²) in [5.41, 5.74) is 5.87. The molecule has 98 valence electrons. The first kappa shape index (κ1) is 14.6. The van der Waals surface area contributed by atoms with Crippen LogP contribution in [0.5, 0.6) is 0 Å². The van der Waals surface area contributed by atoms with Gasteiger partial charge in [-0.15, -0.1) is 0 Å².